The van der Waals surface area contributed by atoms with E-state index in [4.69, 9.17) is 24.8 Å². The SMILES string of the molecule is Cn1cc(C(=O)NCc2cn3c(n2)CN(CC2CCCC2)CC3)cn1.O=C(O)C(F)(F)F.O=C(O)C(F)(F)F. The van der Waals surface area contributed by atoms with Crippen molar-refractivity contribution in [2.75, 3.05) is 13.1 Å². The van der Waals surface area contributed by atoms with E-state index in [-0.39, 0.29) is 5.91 Å². The molecule has 2 aromatic rings. The Labute approximate surface area is 218 Å². The van der Waals surface area contributed by atoms with Crippen molar-refractivity contribution in [3.05, 3.63) is 35.7 Å². The zero-order valence-electron chi connectivity index (χ0n) is 20.8. The molecule has 218 valence electrons. The Morgan fingerprint density at radius 1 is 1.00 bits per heavy atom. The third kappa shape index (κ3) is 10.6. The largest absolute Gasteiger partial charge is 0.490 e. The van der Waals surface area contributed by atoms with Crippen LogP contribution in [0.3, 0.4) is 0 Å². The molecule has 0 atom stereocenters. The van der Waals surface area contributed by atoms with Crippen molar-refractivity contribution in [3.8, 4) is 0 Å². The van der Waals surface area contributed by atoms with Crippen LogP contribution in [0.1, 0.15) is 47.6 Å². The molecule has 3 N–H and O–H groups in total. The van der Waals surface area contributed by atoms with Gasteiger partial charge in [-0.25, -0.2) is 14.6 Å². The maximum Gasteiger partial charge on any atom is 0.490 e. The highest BCUT2D eigenvalue weighted by Gasteiger charge is 2.38. The second-order valence-corrected chi connectivity index (χ2v) is 8.92. The molecule has 1 amide bonds. The number of carbonyl (C=O) groups excluding carboxylic acids is 1. The topological polar surface area (TPSA) is 143 Å². The Kier molecular flexibility index (Phi) is 10.9. The van der Waals surface area contributed by atoms with Crippen LogP contribution in [0, 0.1) is 5.92 Å². The van der Waals surface area contributed by atoms with E-state index in [2.05, 4.69) is 26.1 Å². The van der Waals surface area contributed by atoms with Gasteiger partial charge in [-0.1, -0.05) is 12.8 Å². The van der Waals surface area contributed by atoms with Crippen LogP contribution in [0.4, 0.5) is 26.3 Å². The minimum atomic E-state index is -5.08. The number of rotatable bonds is 5. The molecule has 17 heteroatoms. The summed E-state index contributed by atoms with van der Waals surface area (Å²) in [6.07, 6.45) is 0.767. The van der Waals surface area contributed by atoms with Gasteiger partial charge in [-0.05, 0) is 18.8 Å². The minimum absolute atomic E-state index is 0.109. The standard InChI is InChI=1S/C18H26N6O.2C2HF3O2/c1-22-11-15(8-20-22)18(25)19-9-16-12-24-7-6-23(13-17(24)21-16)10-14-4-2-3-5-14;2*3-2(4,5)1(6)7/h8,11-12,14H,2-7,9-10,13H2,1H3,(H,19,25);2*(H,6,7). The average molecular weight is 570 g/mol. The molecule has 0 aromatic carbocycles. The number of aryl methyl sites for hydroxylation is 1. The first kappa shape index (κ1) is 31.6. The summed E-state index contributed by atoms with van der Waals surface area (Å²) in [6, 6.07) is 0. The highest BCUT2D eigenvalue weighted by Crippen LogP contribution is 2.26. The van der Waals surface area contributed by atoms with Gasteiger partial charge in [0.25, 0.3) is 5.91 Å². The molecule has 2 aliphatic rings. The molecular formula is C22H28F6N6O5. The van der Waals surface area contributed by atoms with E-state index in [1.54, 1.807) is 24.1 Å². The maximum atomic E-state index is 12.1. The third-order valence-corrected chi connectivity index (χ3v) is 5.80. The van der Waals surface area contributed by atoms with Crippen LogP contribution in [0.2, 0.25) is 0 Å². The van der Waals surface area contributed by atoms with E-state index in [0.29, 0.717) is 12.1 Å². The quantitative estimate of drug-likeness (QED) is 0.466. The highest BCUT2D eigenvalue weighted by molar-refractivity contribution is 5.93. The fourth-order valence-corrected chi connectivity index (χ4v) is 3.97. The van der Waals surface area contributed by atoms with Gasteiger partial charge in [0.05, 0.1) is 30.5 Å². The van der Waals surface area contributed by atoms with Crippen molar-refractivity contribution in [1.29, 1.82) is 0 Å². The highest BCUT2D eigenvalue weighted by atomic mass is 19.4. The number of aliphatic carboxylic acids is 2. The van der Waals surface area contributed by atoms with Gasteiger partial charge >= 0.3 is 24.3 Å². The van der Waals surface area contributed by atoms with Gasteiger partial charge < -0.3 is 20.1 Å². The van der Waals surface area contributed by atoms with Crippen molar-refractivity contribution in [2.24, 2.45) is 13.0 Å². The van der Waals surface area contributed by atoms with E-state index >= 15 is 0 Å². The van der Waals surface area contributed by atoms with Gasteiger partial charge in [0.2, 0.25) is 0 Å². The van der Waals surface area contributed by atoms with E-state index in [9.17, 15) is 31.1 Å². The normalized spacial score (nSPS) is 15.9. The van der Waals surface area contributed by atoms with Gasteiger partial charge in [-0.15, -0.1) is 0 Å². The van der Waals surface area contributed by atoms with E-state index in [1.165, 1.54) is 32.2 Å². The van der Waals surface area contributed by atoms with E-state index in [0.717, 1.165) is 37.1 Å². The Morgan fingerprint density at radius 3 is 2.05 bits per heavy atom. The first-order valence-electron chi connectivity index (χ1n) is 11.7. The van der Waals surface area contributed by atoms with Crippen molar-refractivity contribution in [3.63, 3.8) is 0 Å². The van der Waals surface area contributed by atoms with Crippen LogP contribution < -0.4 is 5.32 Å². The number of hydrogen-bond acceptors (Lipinski definition) is 6. The Hall–Kier alpha value is -3.63. The van der Waals surface area contributed by atoms with Crippen LogP contribution in [-0.4, -0.2) is 77.7 Å². The summed E-state index contributed by atoms with van der Waals surface area (Å²) >= 11 is 0. The van der Waals surface area contributed by atoms with Crippen molar-refractivity contribution in [1.82, 2.24) is 29.5 Å². The molecule has 0 spiro atoms. The van der Waals surface area contributed by atoms with Crippen LogP contribution in [0.5, 0.6) is 0 Å². The van der Waals surface area contributed by atoms with Gasteiger partial charge in [-0.3, -0.25) is 14.4 Å². The molecule has 0 saturated heterocycles. The lowest BCUT2D eigenvalue weighted by Gasteiger charge is -2.29. The van der Waals surface area contributed by atoms with Gasteiger partial charge in [0.15, 0.2) is 0 Å². The average Bonchev–Trinajstić information content (AvgIpc) is 3.58. The Balaban J connectivity index is 0.000000317. The van der Waals surface area contributed by atoms with Gasteiger partial charge in [-0.2, -0.15) is 31.4 Å². The van der Waals surface area contributed by atoms with Gasteiger partial charge in [0.1, 0.15) is 5.82 Å². The number of amides is 1. The smallest absolute Gasteiger partial charge is 0.475 e. The first-order chi connectivity index (χ1) is 18.1. The minimum Gasteiger partial charge on any atom is -0.475 e. The molecule has 11 nitrogen and oxygen atoms in total. The monoisotopic (exact) mass is 570 g/mol. The third-order valence-electron chi connectivity index (χ3n) is 5.80. The molecule has 0 radical (unpaired) electrons. The van der Waals surface area contributed by atoms with Gasteiger partial charge in [0, 0.05) is 39.1 Å². The summed E-state index contributed by atoms with van der Waals surface area (Å²) < 4.78 is 67.3. The number of fused-ring (bicyclic) bond motifs is 1. The fourth-order valence-electron chi connectivity index (χ4n) is 3.97. The van der Waals surface area contributed by atoms with Crippen LogP contribution in [0.15, 0.2) is 18.6 Å². The number of carbonyl (C=O) groups is 3. The number of halogens is 6. The van der Waals surface area contributed by atoms with E-state index < -0.39 is 24.3 Å². The molecule has 0 unspecified atom stereocenters. The number of carboxylic acid groups (broad SMARTS) is 2. The molecule has 2 aromatic heterocycles. The first-order valence-corrected chi connectivity index (χ1v) is 11.7. The Bertz CT molecular complexity index is 1100. The Morgan fingerprint density at radius 2 is 1.56 bits per heavy atom. The maximum absolute atomic E-state index is 12.1. The molecular weight excluding hydrogens is 542 g/mol. The van der Waals surface area contributed by atoms with Crippen molar-refractivity contribution < 1.29 is 50.9 Å². The predicted molar refractivity (Wildman–Crippen MR) is 121 cm³/mol. The summed E-state index contributed by atoms with van der Waals surface area (Å²) in [5.74, 6) is -3.63. The molecule has 0 bridgehead atoms. The number of carboxylic acids is 2. The summed E-state index contributed by atoms with van der Waals surface area (Å²) in [5, 5.41) is 21.2. The summed E-state index contributed by atoms with van der Waals surface area (Å²) in [7, 11) is 1.80. The van der Waals surface area contributed by atoms with Crippen molar-refractivity contribution >= 4 is 17.8 Å². The fraction of sp³-hybridized carbons (Fsp3) is 0.591. The lowest BCUT2D eigenvalue weighted by atomic mass is 10.1. The van der Waals surface area contributed by atoms with Crippen LogP contribution in [0.25, 0.3) is 0 Å². The number of hydrogen-bond donors (Lipinski definition) is 3. The second kappa shape index (κ2) is 13.4. The summed E-state index contributed by atoms with van der Waals surface area (Å²) in [5.41, 5.74) is 1.50. The lowest BCUT2D eigenvalue weighted by Crippen LogP contribution is -2.36. The molecule has 1 aliphatic carbocycles. The van der Waals surface area contributed by atoms with Crippen LogP contribution in [-0.2, 0) is 36.3 Å². The van der Waals surface area contributed by atoms with Crippen molar-refractivity contribution in [2.45, 2.75) is 57.7 Å². The number of nitrogens with one attached hydrogen (secondary N) is 1. The molecule has 39 heavy (non-hydrogen) atoms. The second-order valence-electron chi connectivity index (χ2n) is 8.92. The lowest BCUT2D eigenvalue weighted by molar-refractivity contribution is -0.193. The zero-order chi connectivity index (χ0) is 29.4. The summed E-state index contributed by atoms with van der Waals surface area (Å²) in [6.45, 7) is 4.68. The summed E-state index contributed by atoms with van der Waals surface area (Å²) in [4.78, 5) is 37.2. The van der Waals surface area contributed by atoms with Crippen LogP contribution >= 0.6 is 0 Å². The predicted octanol–water partition coefficient (Wildman–Crippen LogP) is 2.82. The molecule has 3 heterocycles. The molecule has 1 fully saturated rings. The number of alkyl halides is 6. The number of imidazole rings is 1. The molecule has 1 saturated carbocycles. The number of aromatic nitrogens is 4. The zero-order valence-corrected chi connectivity index (χ0v) is 20.8. The van der Waals surface area contributed by atoms with E-state index in [1.807, 2.05) is 0 Å². The number of nitrogens with zero attached hydrogens (tertiary/aromatic N) is 5. The molecule has 1 aliphatic heterocycles. The molecule has 4 rings (SSSR count).